The zero-order valence-corrected chi connectivity index (χ0v) is 12.4. The lowest BCUT2D eigenvalue weighted by Gasteiger charge is -2.30. The second kappa shape index (κ2) is 6.79. The van der Waals surface area contributed by atoms with E-state index >= 15 is 0 Å². The second-order valence-corrected chi connectivity index (χ2v) is 5.21. The molecule has 2 N–H and O–H groups in total. The molecule has 5 heteroatoms. The van der Waals surface area contributed by atoms with Crippen molar-refractivity contribution in [3.05, 3.63) is 35.4 Å². The Morgan fingerprint density at radius 1 is 1.30 bits per heavy atom. The lowest BCUT2D eigenvalue weighted by atomic mass is 9.97. The fourth-order valence-corrected chi connectivity index (χ4v) is 1.92. The maximum absolute atomic E-state index is 13.2. The van der Waals surface area contributed by atoms with Crippen LogP contribution in [-0.2, 0) is 4.79 Å². The Hall–Kier alpha value is -1.49. The molecule has 0 heterocycles. The highest BCUT2D eigenvalue weighted by Gasteiger charge is 2.26. The Balaban J connectivity index is 2.87. The fraction of sp³-hybridized carbons (Fsp3) is 0.533. The normalized spacial score (nSPS) is 15.6. The number of nitrogens with two attached hydrogens (primary N) is 1. The van der Waals surface area contributed by atoms with Crippen LogP contribution >= 0.6 is 0 Å². The van der Waals surface area contributed by atoms with Gasteiger partial charge in [0.15, 0.2) is 11.6 Å². The third-order valence-electron chi connectivity index (χ3n) is 3.90. The summed E-state index contributed by atoms with van der Waals surface area (Å²) in [5, 5.41) is 0. The van der Waals surface area contributed by atoms with Gasteiger partial charge in [0.1, 0.15) is 0 Å². The summed E-state index contributed by atoms with van der Waals surface area (Å²) in [5.74, 6) is -1.94. The summed E-state index contributed by atoms with van der Waals surface area (Å²) in [5.41, 5.74) is 6.45. The molecule has 0 bridgehead atoms. The third-order valence-corrected chi connectivity index (χ3v) is 3.90. The number of hydrogen-bond donors (Lipinski definition) is 1. The van der Waals surface area contributed by atoms with Gasteiger partial charge >= 0.3 is 0 Å². The highest BCUT2D eigenvalue weighted by molar-refractivity contribution is 5.82. The van der Waals surface area contributed by atoms with Gasteiger partial charge in [0, 0.05) is 7.05 Å². The Morgan fingerprint density at radius 3 is 2.40 bits per heavy atom. The summed E-state index contributed by atoms with van der Waals surface area (Å²) < 4.78 is 26.2. The van der Waals surface area contributed by atoms with Gasteiger partial charge < -0.3 is 10.6 Å². The molecular weight excluding hydrogens is 262 g/mol. The standard InChI is InChI=1S/C15H22F2N2O/c1-5-9(2)14(18)15(20)19(4)10(3)11-6-7-12(16)13(17)8-11/h6-10,14H,5,18H2,1-4H3. The summed E-state index contributed by atoms with van der Waals surface area (Å²) in [6.45, 7) is 5.64. The Morgan fingerprint density at radius 2 is 1.90 bits per heavy atom. The first kappa shape index (κ1) is 16.6. The van der Waals surface area contributed by atoms with E-state index in [0.717, 1.165) is 18.6 Å². The third kappa shape index (κ3) is 3.54. The van der Waals surface area contributed by atoms with Crippen LogP contribution in [0.15, 0.2) is 18.2 Å². The zero-order chi connectivity index (χ0) is 15.4. The average molecular weight is 284 g/mol. The highest BCUT2D eigenvalue weighted by Crippen LogP contribution is 2.22. The zero-order valence-electron chi connectivity index (χ0n) is 12.4. The number of likely N-dealkylation sites (N-methyl/N-ethyl adjacent to an activating group) is 1. The topological polar surface area (TPSA) is 46.3 Å². The van der Waals surface area contributed by atoms with E-state index in [0.29, 0.717) is 5.56 Å². The molecule has 0 aliphatic carbocycles. The van der Waals surface area contributed by atoms with Crippen LogP contribution in [0.4, 0.5) is 8.78 Å². The molecule has 0 radical (unpaired) electrons. The molecular formula is C15H22F2N2O. The molecule has 0 spiro atoms. The van der Waals surface area contributed by atoms with Gasteiger partial charge in [0.25, 0.3) is 0 Å². The van der Waals surface area contributed by atoms with Crippen molar-refractivity contribution in [2.45, 2.75) is 39.3 Å². The van der Waals surface area contributed by atoms with Crippen molar-refractivity contribution in [1.29, 1.82) is 0 Å². The lowest BCUT2D eigenvalue weighted by Crippen LogP contribution is -2.46. The summed E-state index contributed by atoms with van der Waals surface area (Å²) in [4.78, 5) is 13.7. The largest absolute Gasteiger partial charge is 0.338 e. The molecule has 0 aliphatic heterocycles. The van der Waals surface area contributed by atoms with E-state index in [-0.39, 0.29) is 17.9 Å². The van der Waals surface area contributed by atoms with E-state index in [1.165, 1.54) is 11.0 Å². The minimum absolute atomic E-state index is 0.0714. The van der Waals surface area contributed by atoms with Crippen LogP contribution in [0.2, 0.25) is 0 Å². The fourth-order valence-electron chi connectivity index (χ4n) is 1.92. The molecule has 1 aromatic rings. The van der Waals surface area contributed by atoms with Gasteiger partial charge in [-0.3, -0.25) is 4.79 Å². The van der Waals surface area contributed by atoms with Crippen molar-refractivity contribution in [1.82, 2.24) is 4.90 Å². The summed E-state index contributed by atoms with van der Waals surface area (Å²) in [6, 6.07) is 2.69. The SMILES string of the molecule is CCC(C)C(N)C(=O)N(C)C(C)c1ccc(F)c(F)c1. The molecule has 1 aromatic carbocycles. The first-order valence-corrected chi connectivity index (χ1v) is 6.76. The first-order chi connectivity index (χ1) is 9.29. The van der Waals surface area contributed by atoms with Crippen molar-refractivity contribution in [2.75, 3.05) is 7.05 Å². The molecule has 0 saturated carbocycles. The van der Waals surface area contributed by atoms with Crippen molar-refractivity contribution < 1.29 is 13.6 Å². The summed E-state index contributed by atoms with van der Waals surface area (Å²) in [6.07, 6.45) is 0.806. The smallest absolute Gasteiger partial charge is 0.240 e. The molecule has 3 unspecified atom stereocenters. The van der Waals surface area contributed by atoms with Crippen LogP contribution in [0.1, 0.15) is 38.8 Å². The van der Waals surface area contributed by atoms with Gasteiger partial charge in [-0.2, -0.15) is 0 Å². The first-order valence-electron chi connectivity index (χ1n) is 6.76. The van der Waals surface area contributed by atoms with Gasteiger partial charge in [-0.1, -0.05) is 26.3 Å². The predicted molar refractivity (Wildman–Crippen MR) is 75.0 cm³/mol. The van der Waals surface area contributed by atoms with Crippen LogP contribution in [0.25, 0.3) is 0 Å². The van der Waals surface area contributed by atoms with Gasteiger partial charge in [0.2, 0.25) is 5.91 Å². The molecule has 112 valence electrons. The predicted octanol–water partition coefficient (Wildman–Crippen LogP) is 2.86. The summed E-state index contributed by atoms with van der Waals surface area (Å²) >= 11 is 0. The molecule has 1 rings (SSSR count). The van der Waals surface area contributed by atoms with Crippen molar-refractivity contribution in [3.8, 4) is 0 Å². The van der Waals surface area contributed by atoms with Crippen molar-refractivity contribution in [2.24, 2.45) is 11.7 Å². The van der Waals surface area contributed by atoms with Crippen LogP contribution in [-0.4, -0.2) is 23.9 Å². The van der Waals surface area contributed by atoms with Gasteiger partial charge in [-0.25, -0.2) is 8.78 Å². The molecule has 0 saturated heterocycles. The molecule has 3 atom stereocenters. The molecule has 3 nitrogen and oxygen atoms in total. The minimum atomic E-state index is -0.915. The number of halogens is 2. The van der Waals surface area contributed by atoms with E-state index in [1.54, 1.807) is 14.0 Å². The second-order valence-electron chi connectivity index (χ2n) is 5.21. The average Bonchev–Trinajstić information content (AvgIpc) is 2.46. The summed E-state index contributed by atoms with van der Waals surface area (Å²) in [7, 11) is 1.62. The molecule has 1 amide bonds. The number of benzene rings is 1. The minimum Gasteiger partial charge on any atom is -0.338 e. The van der Waals surface area contributed by atoms with Crippen LogP contribution < -0.4 is 5.73 Å². The van der Waals surface area contributed by atoms with E-state index in [4.69, 9.17) is 5.73 Å². The maximum Gasteiger partial charge on any atom is 0.240 e. The van der Waals surface area contributed by atoms with Crippen LogP contribution in [0.5, 0.6) is 0 Å². The van der Waals surface area contributed by atoms with E-state index in [1.807, 2.05) is 13.8 Å². The molecule has 0 fully saturated rings. The Kier molecular flexibility index (Phi) is 5.62. The quantitative estimate of drug-likeness (QED) is 0.903. The number of nitrogens with zero attached hydrogens (tertiary/aromatic N) is 1. The molecule has 20 heavy (non-hydrogen) atoms. The number of carbonyl (C=O) groups excluding carboxylic acids is 1. The highest BCUT2D eigenvalue weighted by atomic mass is 19.2. The Labute approximate surface area is 118 Å². The molecule has 0 aliphatic rings. The number of hydrogen-bond acceptors (Lipinski definition) is 2. The van der Waals surface area contributed by atoms with E-state index < -0.39 is 17.7 Å². The maximum atomic E-state index is 13.2. The Bertz CT molecular complexity index is 479. The number of amides is 1. The van der Waals surface area contributed by atoms with Crippen LogP contribution in [0.3, 0.4) is 0 Å². The van der Waals surface area contributed by atoms with Gasteiger partial charge in [-0.05, 0) is 30.5 Å². The van der Waals surface area contributed by atoms with E-state index in [9.17, 15) is 13.6 Å². The van der Waals surface area contributed by atoms with E-state index in [2.05, 4.69) is 0 Å². The van der Waals surface area contributed by atoms with Gasteiger partial charge in [0.05, 0.1) is 12.1 Å². The monoisotopic (exact) mass is 284 g/mol. The van der Waals surface area contributed by atoms with Crippen molar-refractivity contribution in [3.63, 3.8) is 0 Å². The number of rotatable bonds is 5. The van der Waals surface area contributed by atoms with Crippen LogP contribution in [0, 0.1) is 17.6 Å². The van der Waals surface area contributed by atoms with Crippen molar-refractivity contribution >= 4 is 5.91 Å². The number of carbonyl (C=O) groups is 1. The lowest BCUT2D eigenvalue weighted by molar-refractivity contribution is -0.134. The van der Waals surface area contributed by atoms with Gasteiger partial charge in [-0.15, -0.1) is 0 Å². The molecule has 0 aromatic heterocycles.